The molecule has 6 heteroatoms. The first-order valence-electron chi connectivity index (χ1n) is 7.82. The third-order valence-corrected chi connectivity index (χ3v) is 3.49. The van der Waals surface area contributed by atoms with Gasteiger partial charge in [-0.3, -0.25) is 4.79 Å². The maximum absolute atomic E-state index is 11.7. The Balaban J connectivity index is 1.76. The van der Waals surface area contributed by atoms with E-state index in [9.17, 15) is 4.79 Å². The summed E-state index contributed by atoms with van der Waals surface area (Å²) in [5.41, 5.74) is 2.99. The van der Waals surface area contributed by atoms with E-state index in [1.807, 2.05) is 37.3 Å². The second-order valence-corrected chi connectivity index (χ2v) is 5.38. The summed E-state index contributed by atoms with van der Waals surface area (Å²) in [6.07, 6.45) is 1.51. The maximum atomic E-state index is 11.7. The molecule has 0 unspecified atom stereocenters. The van der Waals surface area contributed by atoms with Gasteiger partial charge in [0.1, 0.15) is 0 Å². The molecule has 25 heavy (non-hydrogen) atoms. The number of ether oxygens (including phenoxy) is 2. The van der Waals surface area contributed by atoms with Gasteiger partial charge in [-0.15, -0.1) is 0 Å². The lowest BCUT2D eigenvalue weighted by Gasteiger charge is -2.07. The van der Waals surface area contributed by atoms with Crippen LogP contribution in [0.25, 0.3) is 0 Å². The summed E-state index contributed by atoms with van der Waals surface area (Å²) in [6, 6.07) is 13.3. The quantitative estimate of drug-likeness (QED) is 0.591. The number of amides is 1. The highest BCUT2D eigenvalue weighted by atomic mass is 16.6. The average molecular weight is 342 g/mol. The van der Waals surface area contributed by atoms with Crippen molar-refractivity contribution in [1.82, 2.24) is 5.32 Å². The Morgan fingerprint density at radius 3 is 2.48 bits per heavy atom. The summed E-state index contributed by atoms with van der Waals surface area (Å²) in [5, 5.41) is 6.57. The van der Waals surface area contributed by atoms with Gasteiger partial charge < -0.3 is 19.6 Å². The molecule has 0 saturated carbocycles. The molecule has 0 atom stereocenters. The van der Waals surface area contributed by atoms with Gasteiger partial charge in [-0.2, -0.15) is 0 Å². The van der Waals surface area contributed by atoms with E-state index < -0.39 is 0 Å². The van der Waals surface area contributed by atoms with Crippen LogP contribution in [0.4, 0.5) is 0 Å². The number of rotatable bonds is 8. The highest BCUT2D eigenvalue weighted by Crippen LogP contribution is 2.26. The highest BCUT2D eigenvalue weighted by molar-refractivity contribution is 5.81. The molecule has 0 spiro atoms. The van der Waals surface area contributed by atoms with Crippen LogP contribution in [0, 0.1) is 6.92 Å². The molecule has 0 heterocycles. The van der Waals surface area contributed by atoms with Gasteiger partial charge in [0.05, 0.1) is 20.4 Å². The molecule has 0 aliphatic rings. The van der Waals surface area contributed by atoms with E-state index in [2.05, 4.69) is 10.5 Å². The lowest BCUT2D eigenvalue weighted by atomic mass is 10.1. The average Bonchev–Trinajstić information content (AvgIpc) is 2.64. The van der Waals surface area contributed by atoms with Crippen molar-refractivity contribution >= 4 is 12.1 Å². The fraction of sp³-hybridized carbons (Fsp3) is 0.263. The van der Waals surface area contributed by atoms with E-state index in [4.69, 9.17) is 14.3 Å². The third kappa shape index (κ3) is 5.84. The minimum atomic E-state index is -0.231. The monoisotopic (exact) mass is 342 g/mol. The molecule has 0 saturated heterocycles. The second-order valence-electron chi connectivity index (χ2n) is 5.38. The molecular formula is C19H22N2O4. The highest BCUT2D eigenvalue weighted by Gasteiger charge is 2.04. The van der Waals surface area contributed by atoms with Crippen molar-refractivity contribution in [2.24, 2.45) is 5.16 Å². The van der Waals surface area contributed by atoms with Crippen LogP contribution >= 0.6 is 0 Å². The van der Waals surface area contributed by atoms with E-state index in [1.54, 1.807) is 26.4 Å². The molecule has 0 aliphatic carbocycles. The van der Waals surface area contributed by atoms with Crippen LogP contribution in [0.2, 0.25) is 0 Å². The number of nitrogens with zero attached hydrogens (tertiary/aromatic N) is 1. The largest absolute Gasteiger partial charge is 0.493 e. The molecule has 2 aromatic carbocycles. The lowest BCUT2D eigenvalue weighted by Crippen LogP contribution is -2.26. The molecule has 6 nitrogen and oxygen atoms in total. The predicted molar refractivity (Wildman–Crippen MR) is 96.1 cm³/mol. The van der Waals surface area contributed by atoms with Crippen LogP contribution < -0.4 is 14.8 Å². The van der Waals surface area contributed by atoms with Crippen LogP contribution in [0.3, 0.4) is 0 Å². The first-order chi connectivity index (χ1) is 12.1. The Kier molecular flexibility index (Phi) is 6.83. The van der Waals surface area contributed by atoms with Gasteiger partial charge in [0, 0.05) is 12.1 Å². The van der Waals surface area contributed by atoms with E-state index in [-0.39, 0.29) is 12.5 Å². The molecule has 0 bridgehead atoms. The van der Waals surface area contributed by atoms with Crippen LogP contribution in [0.15, 0.2) is 47.6 Å². The Morgan fingerprint density at radius 1 is 1.08 bits per heavy atom. The second kappa shape index (κ2) is 9.32. The molecule has 2 aromatic rings. The first-order valence-corrected chi connectivity index (χ1v) is 7.82. The van der Waals surface area contributed by atoms with E-state index in [0.29, 0.717) is 18.0 Å². The third-order valence-electron chi connectivity index (χ3n) is 3.49. The van der Waals surface area contributed by atoms with Gasteiger partial charge in [-0.05, 0) is 30.7 Å². The molecule has 0 aromatic heterocycles. The lowest BCUT2D eigenvalue weighted by molar-refractivity contribution is -0.125. The van der Waals surface area contributed by atoms with Gasteiger partial charge >= 0.3 is 0 Å². The number of aryl methyl sites for hydroxylation is 1. The number of methoxy groups -OCH3 is 2. The van der Waals surface area contributed by atoms with Crippen molar-refractivity contribution in [1.29, 1.82) is 0 Å². The molecule has 1 amide bonds. The van der Waals surface area contributed by atoms with Crippen molar-refractivity contribution in [2.45, 2.75) is 13.5 Å². The zero-order valence-electron chi connectivity index (χ0n) is 14.6. The molecule has 0 fully saturated rings. The predicted octanol–water partition coefficient (Wildman–Crippen LogP) is 2.68. The molecule has 0 aliphatic heterocycles. The smallest absolute Gasteiger partial charge is 0.261 e. The van der Waals surface area contributed by atoms with E-state index in [1.165, 1.54) is 11.8 Å². The van der Waals surface area contributed by atoms with Gasteiger partial charge in [0.25, 0.3) is 5.91 Å². The first kappa shape index (κ1) is 18.3. The van der Waals surface area contributed by atoms with Gasteiger partial charge in [-0.25, -0.2) is 0 Å². The Morgan fingerprint density at radius 2 is 1.80 bits per heavy atom. The standard InChI is InChI=1S/C19H22N2O4/c1-14-4-6-15(7-5-14)11-20-19(22)13-25-21-12-16-8-9-17(23-2)18(10-16)24-3/h4-10,12H,11,13H2,1-3H3,(H,20,22)/b21-12+. The summed E-state index contributed by atoms with van der Waals surface area (Å²) in [6.45, 7) is 2.34. The number of benzene rings is 2. The fourth-order valence-corrected chi connectivity index (χ4v) is 2.08. The minimum Gasteiger partial charge on any atom is -0.493 e. The normalized spacial score (nSPS) is 10.5. The van der Waals surface area contributed by atoms with Crippen molar-refractivity contribution in [3.8, 4) is 11.5 Å². The zero-order chi connectivity index (χ0) is 18.1. The van der Waals surface area contributed by atoms with E-state index >= 15 is 0 Å². The molecule has 0 radical (unpaired) electrons. The maximum Gasteiger partial charge on any atom is 0.261 e. The Labute approximate surface area is 147 Å². The topological polar surface area (TPSA) is 69.2 Å². The van der Waals surface area contributed by atoms with Gasteiger partial charge in [0.15, 0.2) is 18.1 Å². The van der Waals surface area contributed by atoms with Crippen LogP contribution in [-0.4, -0.2) is 32.9 Å². The summed E-state index contributed by atoms with van der Waals surface area (Å²) in [7, 11) is 3.14. The Bertz CT molecular complexity index is 727. The molecule has 132 valence electrons. The zero-order valence-corrected chi connectivity index (χ0v) is 14.6. The summed E-state index contributed by atoms with van der Waals surface area (Å²) in [4.78, 5) is 16.8. The molecule has 1 N–H and O–H groups in total. The minimum absolute atomic E-state index is 0.143. The Hall–Kier alpha value is -3.02. The van der Waals surface area contributed by atoms with Crippen molar-refractivity contribution in [3.63, 3.8) is 0 Å². The SMILES string of the molecule is COc1ccc(/C=N/OCC(=O)NCc2ccc(C)cc2)cc1OC. The number of carbonyl (C=O) groups is 1. The fourth-order valence-electron chi connectivity index (χ4n) is 2.08. The van der Waals surface area contributed by atoms with Crippen LogP contribution in [0.1, 0.15) is 16.7 Å². The number of hydrogen-bond donors (Lipinski definition) is 1. The van der Waals surface area contributed by atoms with Crippen molar-refractivity contribution in [2.75, 3.05) is 20.8 Å². The number of nitrogens with one attached hydrogen (secondary N) is 1. The molecule has 2 rings (SSSR count). The van der Waals surface area contributed by atoms with Crippen molar-refractivity contribution < 1.29 is 19.1 Å². The summed E-state index contributed by atoms with van der Waals surface area (Å²) < 4.78 is 10.4. The summed E-state index contributed by atoms with van der Waals surface area (Å²) in [5.74, 6) is 1.00. The van der Waals surface area contributed by atoms with Gasteiger partial charge in [0.2, 0.25) is 0 Å². The number of hydrogen-bond acceptors (Lipinski definition) is 5. The van der Waals surface area contributed by atoms with Crippen molar-refractivity contribution in [3.05, 3.63) is 59.2 Å². The number of oxime groups is 1. The number of carbonyl (C=O) groups excluding carboxylic acids is 1. The van der Waals surface area contributed by atoms with E-state index in [0.717, 1.165) is 11.1 Å². The molecular weight excluding hydrogens is 320 g/mol. The van der Waals surface area contributed by atoms with Crippen LogP contribution in [0.5, 0.6) is 11.5 Å². The van der Waals surface area contributed by atoms with Crippen LogP contribution in [-0.2, 0) is 16.2 Å². The van der Waals surface area contributed by atoms with Gasteiger partial charge in [-0.1, -0.05) is 35.0 Å². The summed E-state index contributed by atoms with van der Waals surface area (Å²) >= 11 is 0.